The standard InChI is InChI=1S/C14H20O7/c1-8(15)20-11-5-9-6-14(18-3-4-19-14)7-10(9)12(11)21-13(16)17-2/h9-12H,3-7H2,1-2H3/t9-,10+,11+,12+/m0/s1. The van der Waals surface area contributed by atoms with Gasteiger partial charge in [0.2, 0.25) is 0 Å². The third-order valence-corrected chi connectivity index (χ3v) is 4.58. The zero-order valence-electron chi connectivity index (χ0n) is 12.2. The lowest BCUT2D eigenvalue weighted by molar-refractivity contribution is -0.166. The molecule has 1 heterocycles. The van der Waals surface area contributed by atoms with Gasteiger partial charge in [0.1, 0.15) is 12.2 Å². The number of carbonyl (C=O) groups is 2. The molecule has 0 aromatic rings. The van der Waals surface area contributed by atoms with Gasteiger partial charge in [-0.3, -0.25) is 4.79 Å². The number of carbonyl (C=O) groups excluding carboxylic acids is 2. The minimum absolute atomic E-state index is 0.0616. The third kappa shape index (κ3) is 2.72. The summed E-state index contributed by atoms with van der Waals surface area (Å²) in [6.07, 6.45) is 0.370. The Morgan fingerprint density at radius 2 is 1.86 bits per heavy atom. The van der Waals surface area contributed by atoms with Crippen molar-refractivity contribution in [1.82, 2.24) is 0 Å². The summed E-state index contributed by atoms with van der Waals surface area (Å²) >= 11 is 0. The monoisotopic (exact) mass is 300 g/mol. The molecule has 1 saturated heterocycles. The van der Waals surface area contributed by atoms with E-state index in [2.05, 4.69) is 4.74 Å². The van der Waals surface area contributed by atoms with Gasteiger partial charge >= 0.3 is 12.1 Å². The van der Waals surface area contributed by atoms with E-state index >= 15 is 0 Å². The zero-order valence-corrected chi connectivity index (χ0v) is 12.2. The first-order valence-electron chi connectivity index (χ1n) is 7.23. The third-order valence-electron chi connectivity index (χ3n) is 4.58. The number of ether oxygens (including phenoxy) is 5. The molecule has 3 fully saturated rings. The van der Waals surface area contributed by atoms with E-state index in [1.54, 1.807) is 0 Å². The number of esters is 1. The van der Waals surface area contributed by atoms with Crippen molar-refractivity contribution in [1.29, 1.82) is 0 Å². The molecule has 2 aliphatic carbocycles. The van der Waals surface area contributed by atoms with Gasteiger partial charge in [0, 0.05) is 25.7 Å². The van der Waals surface area contributed by atoms with E-state index in [-0.39, 0.29) is 17.8 Å². The van der Waals surface area contributed by atoms with Crippen molar-refractivity contribution in [3.63, 3.8) is 0 Å². The lowest BCUT2D eigenvalue weighted by atomic mass is 9.99. The number of hydrogen-bond acceptors (Lipinski definition) is 7. The van der Waals surface area contributed by atoms with Gasteiger partial charge in [-0.25, -0.2) is 4.79 Å². The molecule has 0 aromatic heterocycles. The smallest absolute Gasteiger partial charge is 0.459 e. The van der Waals surface area contributed by atoms with E-state index in [1.807, 2.05) is 0 Å². The minimum Gasteiger partial charge on any atom is -0.459 e. The molecule has 0 bridgehead atoms. The van der Waals surface area contributed by atoms with E-state index in [9.17, 15) is 9.59 Å². The van der Waals surface area contributed by atoms with Crippen LogP contribution < -0.4 is 0 Å². The lowest BCUT2D eigenvalue weighted by Crippen LogP contribution is -2.37. The maximum Gasteiger partial charge on any atom is 0.508 e. The second-order valence-corrected chi connectivity index (χ2v) is 5.86. The van der Waals surface area contributed by atoms with Gasteiger partial charge in [-0.2, -0.15) is 0 Å². The molecule has 0 N–H and O–H groups in total. The molecule has 1 spiro atoms. The van der Waals surface area contributed by atoms with Gasteiger partial charge in [0.05, 0.1) is 20.3 Å². The fraction of sp³-hybridized carbons (Fsp3) is 0.857. The second-order valence-electron chi connectivity index (χ2n) is 5.86. The van der Waals surface area contributed by atoms with E-state index < -0.39 is 24.2 Å². The number of methoxy groups -OCH3 is 1. The summed E-state index contributed by atoms with van der Waals surface area (Å²) in [6, 6.07) is 0. The lowest BCUT2D eigenvalue weighted by Gasteiger charge is -2.27. The van der Waals surface area contributed by atoms with Crippen LogP contribution in [0.15, 0.2) is 0 Å². The Morgan fingerprint density at radius 1 is 1.14 bits per heavy atom. The summed E-state index contributed by atoms with van der Waals surface area (Å²) < 4.78 is 26.7. The van der Waals surface area contributed by atoms with Gasteiger partial charge in [-0.1, -0.05) is 0 Å². The zero-order chi connectivity index (χ0) is 15.0. The maximum atomic E-state index is 11.5. The molecule has 0 aromatic carbocycles. The van der Waals surface area contributed by atoms with Crippen LogP contribution in [0.25, 0.3) is 0 Å². The molecule has 0 unspecified atom stereocenters. The van der Waals surface area contributed by atoms with Crippen LogP contribution in [0.5, 0.6) is 0 Å². The van der Waals surface area contributed by atoms with Crippen molar-refractivity contribution in [2.45, 2.75) is 44.2 Å². The molecule has 3 aliphatic rings. The van der Waals surface area contributed by atoms with Crippen molar-refractivity contribution in [3.8, 4) is 0 Å². The van der Waals surface area contributed by atoms with Gasteiger partial charge in [-0.15, -0.1) is 0 Å². The van der Waals surface area contributed by atoms with Crippen LogP contribution in [-0.4, -0.2) is 50.4 Å². The van der Waals surface area contributed by atoms with Gasteiger partial charge in [0.15, 0.2) is 5.79 Å². The Morgan fingerprint density at radius 3 is 2.48 bits per heavy atom. The molecule has 2 saturated carbocycles. The van der Waals surface area contributed by atoms with Crippen LogP contribution in [0, 0.1) is 11.8 Å². The molecular weight excluding hydrogens is 280 g/mol. The Kier molecular flexibility index (Phi) is 3.79. The van der Waals surface area contributed by atoms with Crippen molar-refractivity contribution in [2.24, 2.45) is 11.8 Å². The minimum atomic E-state index is -0.757. The fourth-order valence-electron chi connectivity index (χ4n) is 3.89. The summed E-state index contributed by atoms with van der Waals surface area (Å²) in [6.45, 7) is 2.54. The Hall–Kier alpha value is -1.34. The molecule has 21 heavy (non-hydrogen) atoms. The summed E-state index contributed by atoms with van der Waals surface area (Å²) in [4.78, 5) is 22.7. The second kappa shape index (κ2) is 5.46. The van der Waals surface area contributed by atoms with Crippen LogP contribution in [0.4, 0.5) is 4.79 Å². The molecule has 7 nitrogen and oxygen atoms in total. The van der Waals surface area contributed by atoms with Gasteiger partial charge in [0.25, 0.3) is 0 Å². The molecule has 0 amide bonds. The van der Waals surface area contributed by atoms with E-state index in [0.717, 1.165) is 6.42 Å². The Bertz CT molecular complexity index is 429. The van der Waals surface area contributed by atoms with E-state index in [0.29, 0.717) is 26.1 Å². The summed E-state index contributed by atoms with van der Waals surface area (Å²) in [7, 11) is 1.26. The SMILES string of the molecule is COC(=O)O[C@@H]1[C@@H]2CC3(C[C@@H]2C[C@H]1OC(C)=O)OCCO3. The van der Waals surface area contributed by atoms with Crippen molar-refractivity contribution in [2.75, 3.05) is 20.3 Å². The van der Waals surface area contributed by atoms with E-state index in [4.69, 9.17) is 18.9 Å². The highest BCUT2D eigenvalue weighted by Crippen LogP contribution is 2.53. The molecule has 3 rings (SSSR count). The predicted octanol–water partition coefficient (Wildman–Crippen LogP) is 1.24. The fourth-order valence-corrected chi connectivity index (χ4v) is 3.89. The topological polar surface area (TPSA) is 80.3 Å². The Balaban J connectivity index is 1.73. The summed E-state index contributed by atoms with van der Waals surface area (Å²) in [5.41, 5.74) is 0. The average molecular weight is 300 g/mol. The van der Waals surface area contributed by atoms with Crippen LogP contribution in [0.1, 0.15) is 26.2 Å². The van der Waals surface area contributed by atoms with Gasteiger partial charge in [-0.05, 0) is 12.3 Å². The largest absolute Gasteiger partial charge is 0.508 e. The highest BCUT2D eigenvalue weighted by atomic mass is 16.7. The molecule has 7 heteroatoms. The van der Waals surface area contributed by atoms with Crippen molar-refractivity contribution < 1.29 is 33.3 Å². The molecule has 4 atom stereocenters. The van der Waals surface area contributed by atoms with Crippen molar-refractivity contribution in [3.05, 3.63) is 0 Å². The predicted molar refractivity (Wildman–Crippen MR) is 68.3 cm³/mol. The number of rotatable bonds is 2. The quantitative estimate of drug-likeness (QED) is 0.710. The summed E-state index contributed by atoms with van der Waals surface area (Å²) in [5.74, 6) is -0.607. The van der Waals surface area contributed by atoms with Crippen LogP contribution >= 0.6 is 0 Å². The Labute approximate surface area is 122 Å². The molecule has 0 radical (unpaired) electrons. The molecule has 1 aliphatic heterocycles. The van der Waals surface area contributed by atoms with Crippen LogP contribution in [-0.2, 0) is 28.5 Å². The number of hydrogen-bond donors (Lipinski definition) is 0. The highest BCUT2D eigenvalue weighted by molar-refractivity contribution is 5.66. The first-order valence-corrected chi connectivity index (χ1v) is 7.23. The summed E-state index contributed by atoms with van der Waals surface area (Å²) in [5, 5.41) is 0. The first-order chi connectivity index (χ1) is 10.0. The normalized spacial score (nSPS) is 36.5. The average Bonchev–Trinajstić information content (AvgIpc) is 3.09. The highest BCUT2D eigenvalue weighted by Gasteiger charge is 2.59. The maximum absolute atomic E-state index is 11.5. The van der Waals surface area contributed by atoms with Crippen LogP contribution in [0.2, 0.25) is 0 Å². The van der Waals surface area contributed by atoms with E-state index in [1.165, 1.54) is 14.0 Å². The number of fused-ring (bicyclic) bond motifs is 1. The molecular formula is C14H20O7. The van der Waals surface area contributed by atoms with Crippen LogP contribution in [0.3, 0.4) is 0 Å². The first kappa shape index (κ1) is 14.6. The molecule has 118 valence electrons. The van der Waals surface area contributed by atoms with Crippen molar-refractivity contribution >= 4 is 12.1 Å². The van der Waals surface area contributed by atoms with Gasteiger partial charge < -0.3 is 23.7 Å².